The summed E-state index contributed by atoms with van der Waals surface area (Å²) in [5.74, 6) is -0.273. The van der Waals surface area contributed by atoms with Crippen molar-refractivity contribution < 1.29 is 9.13 Å². The fourth-order valence-electron chi connectivity index (χ4n) is 0.942. The summed E-state index contributed by atoms with van der Waals surface area (Å²) in [5.41, 5.74) is 0. The minimum Gasteiger partial charge on any atom is -0.423 e. The van der Waals surface area contributed by atoms with E-state index in [1.54, 1.807) is 6.07 Å². The number of hydrogen-bond acceptors (Lipinski definition) is 3. The van der Waals surface area contributed by atoms with E-state index in [1.807, 2.05) is 0 Å². The Balaban J connectivity index is 2.25. The minimum atomic E-state index is -0.540. The molecule has 0 bridgehead atoms. The third-order valence-electron chi connectivity index (χ3n) is 1.57. The van der Waals surface area contributed by atoms with Gasteiger partial charge in [-0.25, -0.2) is 14.4 Å². The summed E-state index contributed by atoms with van der Waals surface area (Å²) in [7, 11) is 0. The van der Waals surface area contributed by atoms with Crippen LogP contribution < -0.4 is 4.74 Å². The van der Waals surface area contributed by atoms with Gasteiger partial charge in [0.25, 0.3) is 0 Å². The van der Waals surface area contributed by atoms with E-state index in [0.717, 1.165) is 6.07 Å². The molecule has 2 aromatic rings. The van der Waals surface area contributed by atoms with Crippen LogP contribution in [-0.4, -0.2) is 9.97 Å². The smallest absolute Gasteiger partial charge is 0.321 e. The normalized spacial score (nSPS) is 10.0. The maximum Gasteiger partial charge on any atom is 0.321 e. The van der Waals surface area contributed by atoms with E-state index in [1.165, 1.54) is 18.5 Å². The Hall–Kier alpha value is -1.68. The highest BCUT2D eigenvalue weighted by molar-refractivity contribution is 6.32. The van der Waals surface area contributed by atoms with E-state index in [0.29, 0.717) is 0 Å². The zero-order valence-corrected chi connectivity index (χ0v) is 8.20. The van der Waals surface area contributed by atoms with Crippen LogP contribution in [0, 0.1) is 11.9 Å². The lowest BCUT2D eigenvalue weighted by Crippen LogP contribution is -1.91. The van der Waals surface area contributed by atoms with Gasteiger partial charge in [-0.15, -0.1) is 0 Å². The van der Waals surface area contributed by atoms with Gasteiger partial charge in [0.15, 0.2) is 5.75 Å². The van der Waals surface area contributed by atoms with Crippen LogP contribution in [0.5, 0.6) is 11.8 Å². The number of hydrogen-bond donors (Lipinski definition) is 0. The second-order valence-electron chi connectivity index (χ2n) is 2.63. The molecule has 0 N–H and O–H groups in total. The first-order valence-corrected chi connectivity index (χ1v) is 4.45. The first-order valence-electron chi connectivity index (χ1n) is 4.07. The maximum atomic E-state index is 12.7. The van der Waals surface area contributed by atoms with Crippen molar-refractivity contribution in [2.45, 2.75) is 0 Å². The topological polar surface area (TPSA) is 35.0 Å². The van der Waals surface area contributed by atoms with E-state index in [2.05, 4.69) is 16.0 Å². The fourth-order valence-corrected chi connectivity index (χ4v) is 1.13. The van der Waals surface area contributed by atoms with Gasteiger partial charge >= 0.3 is 6.01 Å². The summed E-state index contributed by atoms with van der Waals surface area (Å²) >= 11 is 5.74. The van der Waals surface area contributed by atoms with Gasteiger partial charge in [-0.05, 0) is 18.2 Å². The highest BCUT2D eigenvalue weighted by atomic mass is 35.5. The van der Waals surface area contributed by atoms with Gasteiger partial charge in [0.2, 0.25) is 0 Å². The molecule has 0 aliphatic heterocycles. The molecule has 3 nitrogen and oxygen atoms in total. The molecular weight excluding hydrogens is 219 g/mol. The molecule has 75 valence electrons. The Kier molecular flexibility index (Phi) is 2.78. The van der Waals surface area contributed by atoms with Crippen molar-refractivity contribution >= 4 is 11.6 Å². The lowest BCUT2D eigenvalue weighted by Gasteiger charge is -2.04. The summed E-state index contributed by atoms with van der Waals surface area (Å²) in [6, 6.07) is 6.55. The van der Waals surface area contributed by atoms with Gasteiger partial charge in [-0.1, -0.05) is 11.6 Å². The summed E-state index contributed by atoms with van der Waals surface area (Å²) in [6.45, 7) is 0. The molecule has 0 aliphatic carbocycles. The van der Waals surface area contributed by atoms with Crippen molar-refractivity contribution in [1.82, 2.24) is 9.97 Å². The van der Waals surface area contributed by atoms with Crippen molar-refractivity contribution in [3.8, 4) is 11.8 Å². The molecule has 1 radical (unpaired) electrons. The van der Waals surface area contributed by atoms with Gasteiger partial charge in [0.1, 0.15) is 5.82 Å². The van der Waals surface area contributed by atoms with E-state index >= 15 is 0 Å². The standard InChI is InChI=1S/C10H5ClFN2O/c11-8-6-7(12)2-3-9(8)15-10-13-4-1-5-14-10/h1,3-6H. The van der Waals surface area contributed by atoms with Gasteiger partial charge in [-0.3, -0.25) is 0 Å². The lowest BCUT2D eigenvalue weighted by atomic mass is 10.3. The van der Waals surface area contributed by atoms with Crippen LogP contribution in [0.4, 0.5) is 4.39 Å². The number of halogens is 2. The van der Waals surface area contributed by atoms with Crippen LogP contribution in [0.25, 0.3) is 0 Å². The Morgan fingerprint density at radius 2 is 2.07 bits per heavy atom. The Bertz CT molecular complexity index is 464. The van der Waals surface area contributed by atoms with Crippen molar-refractivity contribution in [1.29, 1.82) is 0 Å². The van der Waals surface area contributed by atoms with Crippen LogP contribution in [0.15, 0.2) is 30.6 Å². The van der Waals surface area contributed by atoms with Crippen LogP contribution >= 0.6 is 11.6 Å². The molecule has 15 heavy (non-hydrogen) atoms. The molecule has 0 saturated carbocycles. The molecule has 0 atom stereocenters. The van der Waals surface area contributed by atoms with Crippen molar-refractivity contribution in [2.75, 3.05) is 0 Å². The molecule has 0 aliphatic rings. The van der Waals surface area contributed by atoms with E-state index in [9.17, 15) is 4.39 Å². The average molecular weight is 224 g/mol. The maximum absolute atomic E-state index is 12.7. The summed E-state index contributed by atoms with van der Waals surface area (Å²) < 4.78 is 17.9. The number of rotatable bonds is 2. The van der Waals surface area contributed by atoms with Gasteiger partial charge < -0.3 is 4.74 Å². The van der Waals surface area contributed by atoms with Crippen LogP contribution in [0.1, 0.15) is 0 Å². The summed E-state index contributed by atoms with van der Waals surface area (Å²) in [4.78, 5) is 7.68. The molecule has 0 amide bonds. The fraction of sp³-hybridized carbons (Fsp3) is 0. The largest absolute Gasteiger partial charge is 0.423 e. The van der Waals surface area contributed by atoms with E-state index in [-0.39, 0.29) is 16.8 Å². The van der Waals surface area contributed by atoms with E-state index in [4.69, 9.17) is 16.3 Å². The van der Waals surface area contributed by atoms with Gasteiger partial charge in [0.05, 0.1) is 5.02 Å². The van der Waals surface area contributed by atoms with Gasteiger partial charge in [0, 0.05) is 18.5 Å². The molecule has 0 saturated heterocycles. The quantitative estimate of drug-likeness (QED) is 0.785. The van der Waals surface area contributed by atoms with Crippen LogP contribution in [0.2, 0.25) is 5.02 Å². The Labute approximate surface area is 90.5 Å². The molecule has 1 heterocycles. The third-order valence-corrected chi connectivity index (χ3v) is 1.87. The molecule has 5 heteroatoms. The average Bonchev–Trinajstić information content (AvgIpc) is 2.24. The van der Waals surface area contributed by atoms with Crippen LogP contribution in [0.3, 0.4) is 0 Å². The van der Waals surface area contributed by atoms with Crippen LogP contribution in [-0.2, 0) is 0 Å². The molecule has 1 aromatic heterocycles. The Morgan fingerprint density at radius 1 is 1.33 bits per heavy atom. The highest BCUT2D eigenvalue weighted by Gasteiger charge is 2.05. The molecule has 0 fully saturated rings. The first kappa shape index (κ1) is 9.86. The number of ether oxygens (including phenoxy) is 1. The van der Waals surface area contributed by atoms with Crippen molar-refractivity contribution in [3.63, 3.8) is 0 Å². The lowest BCUT2D eigenvalue weighted by molar-refractivity contribution is 0.440. The minimum absolute atomic E-state index is 0.152. The first-order chi connectivity index (χ1) is 7.25. The summed E-state index contributed by atoms with van der Waals surface area (Å²) in [5, 5.41) is 0.152. The molecule has 2 rings (SSSR count). The molecule has 0 unspecified atom stereocenters. The number of benzene rings is 1. The van der Waals surface area contributed by atoms with Crippen molar-refractivity contribution in [2.24, 2.45) is 0 Å². The molecular formula is C10H5ClFN2O. The highest BCUT2D eigenvalue weighted by Crippen LogP contribution is 2.27. The number of aromatic nitrogens is 2. The predicted molar refractivity (Wildman–Crippen MR) is 52.4 cm³/mol. The summed E-state index contributed by atoms with van der Waals surface area (Å²) in [6.07, 6.45) is 3.06. The van der Waals surface area contributed by atoms with Gasteiger partial charge in [-0.2, -0.15) is 0 Å². The SMILES string of the molecule is Fc1[c]cc(Oc2ncccn2)c(Cl)c1. The zero-order chi connectivity index (χ0) is 10.7. The van der Waals surface area contributed by atoms with Crippen molar-refractivity contribution in [3.05, 3.63) is 47.5 Å². The molecule has 1 aromatic carbocycles. The zero-order valence-electron chi connectivity index (χ0n) is 7.45. The predicted octanol–water partition coefficient (Wildman–Crippen LogP) is 2.86. The molecule has 0 spiro atoms. The van der Waals surface area contributed by atoms with E-state index < -0.39 is 5.82 Å². The number of nitrogens with zero attached hydrogens (tertiary/aromatic N) is 2. The Morgan fingerprint density at radius 3 is 2.73 bits per heavy atom. The third kappa shape index (κ3) is 2.41. The second kappa shape index (κ2) is 4.23. The second-order valence-corrected chi connectivity index (χ2v) is 3.03. The monoisotopic (exact) mass is 223 g/mol.